The molecular weight excluding hydrogens is 529 g/mol. The topological polar surface area (TPSA) is 120 Å². The van der Waals surface area contributed by atoms with Crippen LogP contribution in [0.4, 0.5) is 0 Å². The molecule has 0 aliphatic rings. The highest BCUT2D eigenvalue weighted by molar-refractivity contribution is 8.00. The molecular formula is C26H26N4O4S3. The standard InChI is InChI=1S/C26H26N4O4S3/c1-32-20-8-7-15(9-21(20)33-2)12-29-23(31)13-34-17-6-4-5-16(10-17)19-14-36-25(30-19)18-11-22(24(27)28)37-26(18)35-3/h4-11,14H,12-13H2,1-3H3,(H3,27,28)(H,29,31). The van der Waals surface area contributed by atoms with E-state index in [0.29, 0.717) is 23.8 Å². The number of nitrogen functional groups attached to an aromatic ring is 1. The van der Waals surface area contributed by atoms with Crippen molar-refractivity contribution in [3.8, 4) is 39.1 Å². The van der Waals surface area contributed by atoms with Gasteiger partial charge in [-0.25, -0.2) is 4.98 Å². The summed E-state index contributed by atoms with van der Waals surface area (Å²) in [5, 5.41) is 13.4. The van der Waals surface area contributed by atoms with Gasteiger partial charge in [-0.05, 0) is 42.2 Å². The second-order valence-electron chi connectivity index (χ2n) is 7.75. The molecule has 0 aliphatic heterocycles. The highest BCUT2D eigenvalue weighted by Crippen LogP contribution is 2.40. The lowest BCUT2D eigenvalue weighted by Gasteiger charge is -2.11. The van der Waals surface area contributed by atoms with E-state index < -0.39 is 0 Å². The quantitative estimate of drug-likeness (QED) is 0.131. The predicted molar refractivity (Wildman–Crippen MR) is 151 cm³/mol. The number of thiophene rings is 1. The van der Waals surface area contributed by atoms with Gasteiger partial charge in [0.2, 0.25) is 0 Å². The maximum absolute atomic E-state index is 12.4. The Hall–Kier alpha value is -3.54. The average molecular weight is 555 g/mol. The maximum Gasteiger partial charge on any atom is 0.258 e. The summed E-state index contributed by atoms with van der Waals surface area (Å²) in [7, 11) is 3.15. The molecule has 0 atom stereocenters. The van der Waals surface area contributed by atoms with Gasteiger partial charge in [-0.1, -0.05) is 18.2 Å². The van der Waals surface area contributed by atoms with Gasteiger partial charge in [-0.2, -0.15) is 0 Å². The second-order valence-corrected chi connectivity index (χ2v) is 10.7. The Kier molecular flexibility index (Phi) is 8.70. The number of thiazole rings is 1. The van der Waals surface area contributed by atoms with E-state index >= 15 is 0 Å². The number of amidine groups is 1. The van der Waals surface area contributed by atoms with E-state index in [4.69, 9.17) is 30.3 Å². The first-order chi connectivity index (χ1) is 17.9. The largest absolute Gasteiger partial charge is 0.493 e. The SMILES string of the molecule is COc1ccc(CNC(=O)COc2cccc(-c3csc(-c4cc(C(=N)N)sc4SC)n3)c2)cc1OC. The first kappa shape index (κ1) is 26.5. The van der Waals surface area contributed by atoms with Crippen LogP contribution >= 0.6 is 34.4 Å². The molecule has 11 heteroatoms. The minimum Gasteiger partial charge on any atom is -0.493 e. The number of nitrogens with one attached hydrogen (secondary N) is 2. The zero-order valence-electron chi connectivity index (χ0n) is 20.5. The summed E-state index contributed by atoms with van der Waals surface area (Å²) >= 11 is 4.64. The minimum absolute atomic E-state index is 0.0564. The van der Waals surface area contributed by atoms with Crippen molar-refractivity contribution >= 4 is 46.2 Å². The van der Waals surface area contributed by atoms with Crippen LogP contribution < -0.4 is 25.3 Å². The third-order valence-corrected chi connectivity index (χ3v) is 8.50. The van der Waals surface area contributed by atoms with Crippen molar-refractivity contribution in [2.75, 3.05) is 27.1 Å². The van der Waals surface area contributed by atoms with E-state index in [0.717, 1.165) is 36.5 Å². The fourth-order valence-electron chi connectivity index (χ4n) is 3.47. The second kappa shape index (κ2) is 12.1. The van der Waals surface area contributed by atoms with Gasteiger partial charge in [-0.3, -0.25) is 10.2 Å². The third-order valence-electron chi connectivity index (χ3n) is 5.32. The molecule has 192 valence electrons. The van der Waals surface area contributed by atoms with Crippen LogP contribution in [0.15, 0.2) is 58.1 Å². The van der Waals surface area contributed by atoms with E-state index in [1.165, 1.54) is 22.7 Å². The smallest absolute Gasteiger partial charge is 0.258 e. The van der Waals surface area contributed by atoms with E-state index in [-0.39, 0.29) is 18.3 Å². The van der Waals surface area contributed by atoms with Gasteiger partial charge in [0.25, 0.3) is 5.91 Å². The maximum atomic E-state index is 12.4. The normalized spacial score (nSPS) is 10.7. The number of aromatic nitrogens is 1. The number of methoxy groups -OCH3 is 2. The van der Waals surface area contributed by atoms with Crippen molar-refractivity contribution < 1.29 is 19.0 Å². The Bertz CT molecular complexity index is 1420. The number of carbonyl (C=O) groups is 1. The summed E-state index contributed by atoms with van der Waals surface area (Å²) in [6, 6.07) is 14.9. The molecule has 0 saturated carbocycles. The molecule has 0 fully saturated rings. The Balaban J connectivity index is 1.38. The average Bonchev–Trinajstić information content (AvgIpc) is 3.58. The fourth-order valence-corrected chi connectivity index (χ4v) is 6.18. The van der Waals surface area contributed by atoms with Crippen molar-refractivity contribution in [2.45, 2.75) is 10.8 Å². The van der Waals surface area contributed by atoms with Crippen LogP contribution in [0.5, 0.6) is 17.2 Å². The van der Waals surface area contributed by atoms with Gasteiger partial charge in [0.05, 0.1) is 29.0 Å². The number of rotatable bonds is 11. The van der Waals surface area contributed by atoms with Gasteiger partial charge < -0.3 is 25.3 Å². The minimum atomic E-state index is -0.237. The molecule has 8 nitrogen and oxygen atoms in total. The molecule has 2 heterocycles. The van der Waals surface area contributed by atoms with Crippen LogP contribution in [0, 0.1) is 5.41 Å². The molecule has 37 heavy (non-hydrogen) atoms. The first-order valence-corrected chi connectivity index (χ1v) is 14.0. The van der Waals surface area contributed by atoms with Crippen LogP contribution in [-0.2, 0) is 11.3 Å². The molecule has 4 aromatic rings. The monoisotopic (exact) mass is 554 g/mol. The molecule has 0 spiro atoms. The van der Waals surface area contributed by atoms with Crippen LogP contribution in [0.25, 0.3) is 21.8 Å². The van der Waals surface area contributed by atoms with Gasteiger partial charge in [0, 0.05) is 23.1 Å². The summed E-state index contributed by atoms with van der Waals surface area (Å²) in [5.41, 5.74) is 9.25. The van der Waals surface area contributed by atoms with Crippen molar-refractivity contribution in [2.24, 2.45) is 5.73 Å². The number of nitrogens with two attached hydrogens (primary N) is 1. The summed E-state index contributed by atoms with van der Waals surface area (Å²) in [4.78, 5) is 17.9. The lowest BCUT2D eigenvalue weighted by molar-refractivity contribution is -0.123. The molecule has 2 aromatic heterocycles. The molecule has 0 bridgehead atoms. The zero-order chi connectivity index (χ0) is 26.4. The molecule has 0 unspecified atom stereocenters. The summed E-state index contributed by atoms with van der Waals surface area (Å²) in [5.74, 6) is 1.64. The molecule has 0 saturated heterocycles. The van der Waals surface area contributed by atoms with Gasteiger partial charge in [-0.15, -0.1) is 34.4 Å². The molecule has 0 radical (unpaired) electrons. The van der Waals surface area contributed by atoms with Gasteiger partial charge >= 0.3 is 0 Å². The summed E-state index contributed by atoms with van der Waals surface area (Å²) < 4.78 is 17.4. The highest BCUT2D eigenvalue weighted by atomic mass is 32.2. The Labute approximate surface area is 227 Å². The first-order valence-electron chi connectivity index (χ1n) is 11.1. The molecule has 2 aromatic carbocycles. The number of carbonyl (C=O) groups excluding carboxylic acids is 1. The molecule has 0 aliphatic carbocycles. The van der Waals surface area contributed by atoms with Crippen molar-refractivity contribution in [1.29, 1.82) is 5.41 Å². The number of ether oxygens (including phenoxy) is 3. The van der Waals surface area contributed by atoms with Crippen molar-refractivity contribution in [1.82, 2.24) is 10.3 Å². The Morgan fingerprint density at radius 3 is 2.68 bits per heavy atom. The Morgan fingerprint density at radius 1 is 1.14 bits per heavy atom. The Morgan fingerprint density at radius 2 is 1.95 bits per heavy atom. The van der Waals surface area contributed by atoms with Gasteiger partial charge in [0.15, 0.2) is 18.1 Å². The van der Waals surface area contributed by atoms with Crippen molar-refractivity contribution in [3.63, 3.8) is 0 Å². The van der Waals surface area contributed by atoms with E-state index in [1.807, 2.05) is 54.1 Å². The zero-order valence-corrected chi connectivity index (χ0v) is 22.9. The third kappa shape index (κ3) is 6.43. The number of thioether (sulfide) groups is 1. The molecule has 1 amide bonds. The highest BCUT2D eigenvalue weighted by Gasteiger charge is 2.16. The van der Waals surface area contributed by atoms with Crippen molar-refractivity contribution in [3.05, 3.63) is 64.4 Å². The summed E-state index contributed by atoms with van der Waals surface area (Å²) in [6.45, 7) is 0.231. The number of hydrogen-bond acceptors (Lipinski definition) is 9. The number of hydrogen-bond donors (Lipinski definition) is 3. The van der Waals surface area contributed by atoms with Crippen LogP contribution in [0.3, 0.4) is 0 Å². The van der Waals surface area contributed by atoms with E-state index in [1.54, 1.807) is 32.0 Å². The lowest BCUT2D eigenvalue weighted by atomic mass is 10.1. The number of benzene rings is 2. The lowest BCUT2D eigenvalue weighted by Crippen LogP contribution is -2.28. The molecule has 4 N–H and O–H groups in total. The molecule has 4 rings (SSSR count). The summed E-state index contributed by atoms with van der Waals surface area (Å²) in [6.07, 6.45) is 2.00. The van der Waals surface area contributed by atoms with Crippen LogP contribution in [0.2, 0.25) is 0 Å². The number of amides is 1. The van der Waals surface area contributed by atoms with Gasteiger partial charge in [0.1, 0.15) is 16.6 Å². The number of nitrogens with zero attached hydrogens (tertiary/aromatic N) is 1. The fraction of sp³-hybridized carbons (Fsp3) is 0.192. The van der Waals surface area contributed by atoms with E-state index in [9.17, 15) is 4.79 Å². The van der Waals surface area contributed by atoms with Crippen LogP contribution in [-0.4, -0.2) is 43.8 Å². The van der Waals surface area contributed by atoms with E-state index in [2.05, 4.69) is 5.32 Å². The predicted octanol–water partition coefficient (Wildman–Crippen LogP) is 5.26. The van der Waals surface area contributed by atoms with Crippen LogP contribution in [0.1, 0.15) is 10.4 Å².